The average Bonchev–Trinajstić information content (AvgIpc) is 3.15. The monoisotopic (exact) mass is 747 g/mol. The number of benzene rings is 1. The molecule has 7 nitrogen and oxygen atoms in total. The summed E-state index contributed by atoms with van der Waals surface area (Å²) < 4.78 is 34.9. The number of methoxy groups -OCH3 is 1. The molecule has 0 saturated carbocycles. The van der Waals surface area contributed by atoms with Crippen LogP contribution in [-0.4, -0.2) is 26.9 Å². The fraction of sp³-hybridized carbons (Fsp3) is 0.818. The van der Waals surface area contributed by atoms with Crippen molar-refractivity contribution in [2.75, 3.05) is 12.1 Å². The van der Waals surface area contributed by atoms with Gasteiger partial charge in [-0.3, -0.25) is 0 Å². The minimum atomic E-state index is -3.90. The number of para-hydroxylation sites is 1. The molecule has 0 radical (unpaired) electrons. The maximum atomic E-state index is 14.4. The molecule has 0 heterocycles. The van der Waals surface area contributed by atoms with Crippen molar-refractivity contribution in [1.82, 2.24) is 0 Å². The molecule has 3 atom stereocenters. The first-order valence-corrected chi connectivity index (χ1v) is 23.3. The van der Waals surface area contributed by atoms with Crippen molar-refractivity contribution in [3.63, 3.8) is 0 Å². The summed E-state index contributed by atoms with van der Waals surface area (Å²) in [6, 6.07) is 9.09. The van der Waals surface area contributed by atoms with E-state index in [1.54, 1.807) is 19.2 Å². The summed E-state index contributed by atoms with van der Waals surface area (Å²) in [5.41, 5.74) is 0.550. The first-order chi connectivity index (χ1) is 25.3. The number of nitrogens with zero attached hydrogens (tertiary/aromatic N) is 3. The molecule has 1 aromatic carbocycles. The number of nitrogens with two attached hydrogens (primary N) is 1. The number of anilines is 1. The Morgan fingerprint density at radius 2 is 1.02 bits per heavy atom. The smallest absolute Gasteiger partial charge is 0.200 e. The zero-order valence-corrected chi connectivity index (χ0v) is 35.2. The summed E-state index contributed by atoms with van der Waals surface area (Å²) in [6.07, 6.45) is 35.9. The van der Waals surface area contributed by atoms with E-state index in [1.165, 1.54) is 153 Å². The Morgan fingerprint density at radius 1 is 0.654 bits per heavy atom. The second kappa shape index (κ2) is 32.5. The van der Waals surface area contributed by atoms with Crippen LogP contribution in [0.1, 0.15) is 207 Å². The van der Waals surface area contributed by atoms with Crippen molar-refractivity contribution in [1.29, 1.82) is 0 Å². The van der Waals surface area contributed by atoms with Crippen LogP contribution in [0.4, 0.5) is 5.69 Å². The molecule has 0 aliphatic heterocycles. The van der Waals surface area contributed by atoms with Gasteiger partial charge in [0.05, 0.1) is 17.0 Å². The minimum absolute atomic E-state index is 0.0956. The van der Waals surface area contributed by atoms with Crippen LogP contribution in [0.3, 0.4) is 0 Å². The van der Waals surface area contributed by atoms with Crippen molar-refractivity contribution >= 4 is 15.5 Å². The van der Waals surface area contributed by atoms with Gasteiger partial charge in [0.1, 0.15) is 0 Å². The van der Waals surface area contributed by atoms with Gasteiger partial charge in [-0.05, 0) is 36.1 Å². The maximum Gasteiger partial charge on any atom is 0.200 e. The number of hydrogen-bond donors (Lipinski definition) is 1. The van der Waals surface area contributed by atoms with Gasteiger partial charge in [-0.1, -0.05) is 224 Å². The number of rotatable bonds is 37. The van der Waals surface area contributed by atoms with Crippen molar-refractivity contribution in [3.05, 3.63) is 41.9 Å². The largest absolute Gasteiger partial charge is 0.380 e. The third kappa shape index (κ3) is 21.7. The molecular weight excluding hydrogens is 665 g/mol. The van der Waals surface area contributed by atoms with Gasteiger partial charge < -0.3 is 10.6 Å². The van der Waals surface area contributed by atoms with Crippen molar-refractivity contribution in [3.8, 4) is 0 Å². The summed E-state index contributed by atoms with van der Waals surface area (Å²) in [5.74, 6) is 5.54. The Kier molecular flexibility index (Phi) is 30.1. The summed E-state index contributed by atoms with van der Waals surface area (Å²) in [5, 5.41) is 7.82. The van der Waals surface area contributed by atoms with Crippen molar-refractivity contribution < 1.29 is 13.2 Å². The SMILES string of the molecule is C=C(N(/N=N\N)c1ccccc1)S(=O)(=O)C(CCCCCCCCCCCCC)[C@H](OC)[C@@H](C)CCCCCCCCCCCCCCCCCC. The molecule has 1 unspecified atom stereocenters. The van der Waals surface area contributed by atoms with Crippen molar-refractivity contribution in [2.45, 2.75) is 218 Å². The van der Waals surface area contributed by atoms with Crippen LogP contribution in [0.15, 0.2) is 52.4 Å². The topological polar surface area (TPSA) is 97.4 Å². The molecule has 1 aromatic rings. The first kappa shape index (κ1) is 48.1. The van der Waals surface area contributed by atoms with Crippen LogP contribution in [0, 0.1) is 5.92 Å². The number of unbranched alkanes of at least 4 members (excludes halogenated alkanes) is 25. The molecule has 0 aromatic heterocycles. The lowest BCUT2D eigenvalue weighted by atomic mass is 9.92. The highest BCUT2D eigenvalue weighted by Gasteiger charge is 2.40. The van der Waals surface area contributed by atoms with E-state index < -0.39 is 21.2 Å². The lowest BCUT2D eigenvalue weighted by Gasteiger charge is -2.32. The Morgan fingerprint density at radius 3 is 1.38 bits per heavy atom. The molecule has 302 valence electrons. The summed E-state index contributed by atoms with van der Waals surface area (Å²) in [7, 11) is -2.24. The van der Waals surface area contributed by atoms with Crippen LogP contribution in [0.5, 0.6) is 0 Å². The van der Waals surface area contributed by atoms with Gasteiger partial charge in [0.25, 0.3) is 0 Å². The predicted octanol–water partition coefficient (Wildman–Crippen LogP) is 14.0. The van der Waals surface area contributed by atoms with Gasteiger partial charge in [0, 0.05) is 7.11 Å². The minimum Gasteiger partial charge on any atom is -0.380 e. The summed E-state index contributed by atoms with van der Waals surface area (Å²) >= 11 is 0. The number of hydrogen-bond acceptors (Lipinski definition) is 5. The highest BCUT2D eigenvalue weighted by molar-refractivity contribution is 7.96. The Balaban J connectivity index is 2.64. The average molecular weight is 747 g/mol. The fourth-order valence-electron chi connectivity index (χ4n) is 7.60. The van der Waals surface area contributed by atoms with Crippen molar-refractivity contribution in [2.24, 2.45) is 22.2 Å². The molecule has 1 rings (SSSR count). The van der Waals surface area contributed by atoms with Crippen LogP contribution < -0.4 is 10.9 Å². The van der Waals surface area contributed by atoms with Gasteiger partial charge in [-0.15, -0.1) is 0 Å². The highest BCUT2D eigenvalue weighted by Crippen LogP contribution is 2.33. The standard InChI is InChI=1S/C44H82N4O3S/c1-6-8-10-12-14-16-18-19-20-21-22-24-25-27-29-32-36-40(3)44(51-5)43(39-35-30-28-26-23-17-15-13-11-9-7-2)52(49,50)41(4)48(47-46-45)42-37-33-31-34-38-42/h31,33-34,37-38,40,43-44H,4,6-30,32,35-36,39H2,1-3,5H3,(H2,45,47)/t40-,43?,44+/m0/s1. The first-order valence-electron chi connectivity index (χ1n) is 21.8. The van der Waals surface area contributed by atoms with Crippen LogP contribution in [-0.2, 0) is 14.6 Å². The van der Waals surface area contributed by atoms with Crippen LogP contribution >= 0.6 is 0 Å². The lowest BCUT2D eigenvalue weighted by molar-refractivity contribution is 0.0484. The van der Waals surface area contributed by atoms with Gasteiger partial charge in [-0.2, -0.15) is 0 Å². The highest BCUT2D eigenvalue weighted by atomic mass is 32.2. The normalized spacial score (nSPS) is 13.8. The Bertz CT molecular complexity index is 1100. The molecule has 0 fully saturated rings. The van der Waals surface area contributed by atoms with Crippen LogP contribution in [0.2, 0.25) is 0 Å². The van der Waals surface area contributed by atoms with Gasteiger partial charge in [0.15, 0.2) is 5.03 Å². The van der Waals surface area contributed by atoms with E-state index in [0.717, 1.165) is 32.1 Å². The molecule has 2 N–H and O–H groups in total. The zero-order chi connectivity index (χ0) is 38.1. The molecule has 0 saturated heterocycles. The van der Waals surface area contributed by atoms with E-state index in [4.69, 9.17) is 10.6 Å². The van der Waals surface area contributed by atoms with E-state index in [1.807, 2.05) is 18.2 Å². The molecule has 8 heteroatoms. The molecule has 0 amide bonds. The fourth-order valence-corrected chi connectivity index (χ4v) is 9.54. The lowest BCUT2D eigenvalue weighted by Crippen LogP contribution is -2.42. The zero-order valence-electron chi connectivity index (χ0n) is 34.4. The van der Waals surface area contributed by atoms with E-state index in [0.29, 0.717) is 12.1 Å². The summed E-state index contributed by atoms with van der Waals surface area (Å²) in [6.45, 7) is 10.7. The van der Waals surface area contributed by atoms with E-state index in [-0.39, 0.29) is 10.9 Å². The summed E-state index contributed by atoms with van der Waals surface area (Å²) in [4.78, 5) is 0. The second-order valence-corrected chi connectivity index (χ2v) is 17.6. The number of sulfone groups is 1. The van der Waals surface area contributed by atoms with Gasteiger partial charge in [0.2, 0.25) is 9.84 Å². The second-order valence-electron chi connectivity index (χ2n) is 15.4. The number of ether oxygens (including phenoxy) is 1. The molecule has 0 aliphatic carbocycles. The van der Waals surface area contributed by atoms with Crippen LogP contribution in [0.25, 0.3) is 0 Å². The third-order valence-corrected chi connectivity index (χ3v) is 13.0. The molecule has 52 heavy (non-hydrogen) atoms. The molecular formula is C44H82N4O3S. The van der Waals surface area contributed by atoms with E-state index in [9.17, 15) is 8.42 Å². The quantitative estimate of drug-likeness (QED) is 0.0316. The molecule has 0 bridgehead atoms. The Labute approximate surface area is 322 Å². The predicted molar refractivity (Wildman–Crippen MR) is 225 cm³/mol. The van der Waals surface area contributed by atoms with Gasteiger partial charge in [-0.25, -0.2) is 13.4 Å². The van der Waals surface area contributed by atoms with E-state index >= 15 is 0 Å². The third-order valence-electron chi connectivity index (χ3n) is 10.9. The van der Waals surface area contributed by atoms with E-state index in [2.05, 4.69) is 37.8 Å². The molecule has 0 spiro atoms. The van der Waals surface area contributed by atoms with Gasteiger partial charge >= 0.3 is 0 Å². The maximum absolute atomic E-state index is 14.4. The molecule has 0 aliphatic rings. The Hall–Kier alpha value is -1.93.